The molecule has 0 radical (unpaired) electrons. The van der Waals surface area contributed by atoms with Gasteiger partial charge in [0, 0.05) is 11.1 Å². The van der Waals surface area contributed by atoms with Crippen LogP contribution >= 0.6 is 0 Å². The number of hydrogen-bond acceptors (Lipinski definition) is 4. The standard InChI is InChI=1S/C25H26N2O4/c1-4-30-20-11-7-18(8-12-20)24(28)26-22-15-6-17(3)16-23(22)27-25(29)19-9-13-21(14-10-19)31-5-2/h6-16H,4-5H2,1-3H3,(H,26,28)(H,27,29). The van der Waals surface area contributed by atoms with E-state index in [2.05, 4.69) is 10.6 Å². The van der Waals surface area contributed by atoms with E-state index >= 15 is 0 Å². The summed E-state index contributed by atoms with van der Waals surface area (Å²) in [6, 6.07) is 19.3. The maximum absolute atomic E-state index is 12.7. The van der Waals surface area contributed by atoms with Crippen LogP contribution in [0.3, 0.4) is 0 Å². The highest BCUT2D eigenvalue weighted by Gasteiger charge is 2.13. The molecule has 0 spiro atoms. The fourth-order valence-corrected chi connectivity index (χ4v) is 3.00. The van der Waals surface area contributed by atoms with Crippen LogP contribution in [0.15, 0.2) is 66.7 Å². The monoisotopic (exact) mass is 418 g/mol. The van der Waals surface area contributed by atoms with Gasteiger partial charge in [-0.1, -0.05) is 6.07 Å². The molecule has 0 saturated heterocycles. The van der Waals surface area contributed by atoms with Crippen molar-refractivity contribution in [2.75, 3.05) is 23.8 Å². The summed E-state index contributed by atoms with van der Waals surface area (Å²) in [5, 5.41) is 5.76. The first-order chi connectivity index (χ1) is 15.0. The molecule has 0 fully saturated rings. The van der Waals surface area contributed by atoms with Crippen LogP contribution in [0.1, 0.15) is 40.1 Å². The van der Waals surface area contributed by atoms with Crippen LogP contribution in [0.5, 0.6) is 11.5 Å². The zero-order chi connectivity index (χ0) is 22.2. The lowest BCUT2D eigenvalue weighted by Gasteiger charge is -2.14. The lowest BCUT2D eigenvalue weighted by atomic mass is 10.1. The van der Waals surface area contributed by atoms with Crippen LogP contribution < -0.4 is 20.1 Å². The third-order valence-electron chi connectivity index (χ3n) is 4.53. The van der Waals surface area contributed by atoms with Gasteiger partial charge in [-0.05, 0) is 87.0 Å². The minimum Gasteiger partial charge on any atom is -0.494 e. The van der Waals surface area contributed by atoms with Crippen molar-refractivity contribution in [2.24, 2.45) is 0 Å². The Morgan fingerprint density at radius 1 is 0.677 bits per heavy atom. The molecule has 6 nitrogen and oxygen atoms in total. The molecule has 0 saturated carbocycles. The van der Waals surface area contributed by atoms with Crippen LogP contribution in [0.2, 0.25) is 0 Å². The predicted octanol–water partition coefficient (Wildman–Crippen LogP) is 5.30. The van der Waals surface area contributed by atoms with Gasteiger partial charge in [-0.25, -0.2) is 0 Å². The van der Waals surface area contributed by atoms with Gasteiger partial charge in [-0.15, -0.1) is 0 Å². The van der Waals surface area contributed by atoms with Gasteiger partial charge in [0.15, 0.2) is 0 Å². The van der Waals surface area contributed by atoms with E-state index in [-0.39, 0.29) is 11.8 Å². The summed E-state index contributed by atoms with van der Waals surface area (Å²) in [5.74, 6) is 0.865. The predicted molar refractivity (Wildman–Crippen MR) is 122 cm³/mol. The smallest absolute Gasteiger partial charge is 0.255 e. The van der Waals surface area contributed by atoms with Gasteiger partial charge in [0.05, 0.1) is 24.6 Å². The van der Waals surface area contributed by atoms with Gasteiger partial charge < -0.3 is 20.1 Å². The lowest BCUT2D eigenvalue weighted by molar-refractivity contribution is 0.101. The summed E-state index contributed by atoms with van der Waals surface area (Å²) < 4.78 is 10.8. The highest BCUT2D eigenvalue weighted by atomic mass is 16.5. The number of carbonyl (C=O) groups excluding carboxylic acids is 2. The van der Waals surface area contributed by atoms with E-state index in [0.717, 1.165) is 5.56 Å². The Morgan fingerprint density at radius 3 is 1.58 bits per heavy atom. The Balaban J connectivity index is 1.75. The molecule has 3 rings (SSSR count). The zero-order valence-corrected chi connectivity index (χ0v) is 17.9. The second-order valence-electron chi connectivity index (χ2n) is 6.87. The number of anilines is 2. The van der Waals surface area contributed by atoms with Gasteiger partial charge in [0.2, 0.25) is 0 Å². The summed E-state index contributed by atoms with van der Waals surface area (Å²) in [6.45, 7) is 6.85. The summed E-state index contributed by atoms with van der Waals surface area (Å²) in [7, 11) is 0. The maximum atomic E-state index is 12.7. The fourth-order valence-electron chi connectivity index (χ4n) is 3.00. The van der Waals surface area contributed by atoms with Crippen LogP contribution in [0.25, 0.3) is 0 Å². The number of rotatable bonds is 8. The molecule has 6 heteroatoms. The first kappa shape index (κ1) is 21.9. The van der Waals surface area contributed by atoms with E-state index in [1.54, 1.807) is 54.6 Å². The third-order valence-corrected chi connectivity index (χ3v) is 4.53. The molecule has 2 amide bonds. The molecule has 0 atom stereocenters. The SMILES string of the molecule is CCOc1ccc(C(=O)Nc2ccc(C)cc2NC(=O)c2ccc(OCC)cc2)cc1. The van der Waals surface area contributed by atoms with Crippen molar-refractivity contribution < 1.29 is 19.1 Å². The molecule has 0 aliphatic heterocycles. The van der Waals surface area contributed by atoms with Crippen LogP contribution in [-0.2, 0) is 0 Å². The van der Waals surface area contributed by atoms with E-state index in [1.165, 1.54) is 0 Å². The van der Waals surface area contributed by atoms with Crippen molar-refractivity contribution in [3.05, 3.63) is 83.4 Å². The molecule has 31 heavy (non-hydrogen) atoms. The van der Waals surface area contributed by atoms with Crippen LogP contribution in [-0.4, -0.2) is 25.0 Å². The molecule has 0 unspecified atom stereocenters. The molecule has 0 aliphatic carbocycles. The molecule has 3 aromatic carbocycles. The number of ether oxygens (including phenoxy) is 2. The van der Waals surface area contributed by atoms with E-state index in [1.807, 2.05) is 32.9 Å². The van der Waals surface area contributed by atoms with Crippen molar-refractivity contribution >= 4 is 23.2 Å². The van der Waals surface area contributed by atoms with Crippen molar-refractivity contribution in [2.45, 2.75) is 20.8 Å². The minimum absolute atomic E-state index is 0.273. The first-order valence-electron chi connectivity index (χ1n) is 10.2. The first-order valence-corrected chi connectivity index (χ1v) is 10.2. The molecular weight excluding hydrogens is 392 g/mol. The third kappa shape index (κ3) is 5.85. The summed E-state index contributed by atoms with van der Waals surface area (Å²) in [6.07, 6.45) is 0. The summed E-state index contributed by atoms with van der Waals surface area (Å²) >= 11 is 0. The zero-order valence-electron chi connectivity index (χ0n) is 17.9. The lowest BCUT2D eigenvalue weighted by Crippen LogP contribution is -2.17. The van der Waals surface area contributed by atoms with Gasteiger partial charge in [0.25, 0.3) is 11.8 Å². The average Bonchev–Trinajstić information content (AvgIpc) is 2.77. The molecule has 3 aromatic rings. The molecule has 160 valence electrons. The summed E-state index contributed by atoms with van der Waals surface area (Å²) in [5.41, 5.74) is 2.99. The van der Waals surface area contributed by atoms with Gasteiger partial charge >= 0.3 is 0 Å². The maximum Gasteiger partial charge on any atom is 0.255 e. The number of amides is 2. The summed E-state index contributed by atoms with van der Waals surface area (Å²) in [4.78, 5) is 25.4. The van der Waals surface area contributed by atoms with E-state index in [4.69, 9.17) is 9.47 Å². The largest absolute Gasteiger partial charge is 0.494 e. The highest BCUT2D eigenvalue weighted by Crippen LogP contribution is 2.25. The molecule has 0 bridgehead atoms. The minimum atomic E-state index is -0.275. The Bertz CT molecular complexity index is 1040. The Hall–Kier alpha value is -3.80. The molecular formula is C25H26N2O4. The van der Waals surface area contributed by atoms with Crippen molar-refractivity contribution in [1.82, 2.24) is 0 Å². The Morgan fingerprint density at radius 2 is 1.13 bits per heavy atom. The molecule has 0 heterocycles. The van der Waals surface area contributed by atoms with Gasteiger partial charge in [0.1, 0.15) is 11.5 Å². The van der Waals surface area contributed by atoms with E-state index in [9.17, 15) is 9.59 Å². The number of carbonyl (C=O) groups is 2. The molecule has 0 aliphatic rings. The highest BCUT2D eigenvalue weighted by molar-refractivity contribution is 6.10. The second-order valence-corrected chi connectivity index (χ2v) is 6.87. The van der Waals surface area contributed by atoms with E-state index < -0.39 is 0 Å². The number of aryl methyl sites for hydroxylation is 1. The Labute approximate surface area is 182 Å². The number of hydrogen-bond donors (Lipinski definition) is 2. The van der Waals surface area contributed by atoms with Gasteiger partial charge in [-0.2, -0.15) is 0 Å². The molecule has 2 N–H and O–H groups in total. The van der Waals surface area contributed by atoms with Crippen LogP contribution in [0.4, 0.5) is 11.4 Å². The van der Waals surface area contributed by atoms with Crippen molar-refractivity contribution in [3.8, 4) is 11.5 Å². The van der Waals surface area contributed by atoms with Crippen molar-refractivity contribution in [3.63, 3.8) is 0 Å². The number of nitrogens with one attached hydrogen (secondary N) is 2. The second kappa shape index (κ2) is 10.3. The fraction of sp³-hybridized carbons (Fsp3) is 0.200. The number of benzene rings is 3. The topological polar surface area (TPSA) is 76.7 Å². The van der Waals surface area contributed by atoms with Crippen LogP contribution in [0, 0.1) is 6.92 Å². The normalized spacial score (nSPS) is 10.3. The van der Waals surface area contributed by atoms with Gasteiger partial charge in [-0.3, -0.25) is 9.59 Å². The average molecular weight is 418 g/mol. The van der Waals surface area contributed by atoms with Crippen molar-refractivity contribution in [1.29, 1.82) is 0 Å². The van der Waals surface area contributed by atoms with E-state index in [0.29, 0.717) is 47.2 Å². The Kier molecular flexibility index (Phi) is 7.27. The molecule has 0 aromatic heterocycles. The quantitative estimate of drug-likeness (QED) is 0.521.